The monoisotopic (exact) mass is 402 g/mol. The van der Waals surface area contributed by atoms with Gasteiger partial charge in [-0.25, -0.2) is 4.79 Å². The summed E-state index contributed by atoms with van der Waals surface area (Å²) in [5.41, 5.74) is 1.94. The van der Waals surface area contributed by atoms with Gasteiger partial charge in [-0.05, 0) is 74.7 Å². The number of carbonyl (C=O) groups is 2. The first-order valence-corrected chi connectivity index (χ1v) is 9.43. The van der Waals surface area contributed by atoms with Gasteiger partial charge in [-0.15, -0.1) is 12.4 Å². The Hall–Kier alpha value is -2.57. The summed E-state index contributed by atoms with van der Waals surface area (Å²) in [5.74, 6) is 0.563. The van der Waals surface area contributed by atoms with Gasteiger partial charge in [0.25, 0.3) is 5.91 Å². The van der Waals surface area contributed by atoms with Crippen LogP contribution < -0.4 is 21.3 Å². The topological polar surface area (TPSA) is 82.3 Å². The summed E-state index contributed by atoms with van der Waals surface area (Å²) >= 11 is 0. The summed E-state index contributed by atoms with van der Waals surface area (Å²) in [4.78, 5) is 24.2. The summed E-state index contributed by atoms with van der Waals surface area (Å²) < 4.78 is 0. The lowest BCUT2D eigenvalue weighted by atomic mass is 9.96. The zero-order valence-electron chi connectivity index (χ0n) is 15.7. The number of anilines is 2. The molecule has 4 N–H and O–H groups in total. The van der Waals surface area contributed by atoms with Crippen molar-refractivity contribution in [1.29, 1.82) is 0 Å². The first-order chi connectivity index (χ1) is 13.2. The van der Waals surface area contributed by atoms with Crippen molar-refractivity contribution in [3.05, 3.63) is 60.2 Å². The molecule has 2 aromatic carbocycles. The second-order valence-corrected chi connectivity index (χ2v) is 6.78. The molecule has 1 unspecified atom stereocenters. The van der Waals surface area contributed by atoms with Gasteiger partial charge in [0, 0.05) is 23.5 Å². The standard InChI is InChI=1S/C21H26N4O2.ClH/c26-20(23-14-12-16-5-4-13-22-15-16)17-8-10-19(11-9-17)25-21(27)24-18-6-2-1-3-7-18;/h1-3,6-11,16,22H,4-5,12-15H2,(H,23,26)(H2,24,25,27);1H. The number of rotatable bonds is 6. The number of carbonyl (C=O) groups excluding carboxylic acids is 2. The van der Waals surface area contributed by atoms with Crippen molar-refractivity contribution in [2.45, 2.75) is 19.3 Å². The molecule has 150 valence electrons. The molecule has 1 saturated heterocycles. The minimum absolute atomic E-state index is 0. The van der Waals surface area contributed by atoms with Crippen LogP contribution >= 0.6 is 12.4 Å². The van der Waals surface area contributed by atoms with Crippen molar-refractivity contribution in [2.75, 3.05) is 30.3 Å². The average molecular weight is 403 g/mol. The predicted octanol–water partition coefficient (Wildman–Crippen LogP) is 3.87. The lowest BCUT2D eigenvalue weighted by molar-refractivity contribution is 0.0950. The van der Waals surface area contributed by atoms with E-state index < -0.39 is 0 Å². The van der Waals surface area contributed by atoms with E-state index in [1.807, 2.05) is 30.3 Å². The lowest BCUT2D eigenvalue weighted by Gasteiger charge is -2.22. The molecule has 2 aromatic rings. The third-order valence-electron chi connectivity index (χ3n) is 4.67. The number of nitrogens with one attached hydrogen (secondary N) is 4. The molecular formula is C21H27ClN4O2. The predicted molar refractivity (Wildman–Crippen MR) is 115 cm³/mol. The number of piperidine rings is 1. The number of urea groups is 1. The smallest absolute Gasteiger partial charge is 0.323 e. The Morgan fingerprint density at radius 2 is 1.64 bits per heavy atom. The van der Waals surface area contributed by atoms with Gasteiger partial charge in [-0.2, -0.15) is 0 Å². The Bertz CT molecular complexity index is 747. The van der Waals surface area contributed by atoms with Crippen LogP contribution in [0, 0.1) is 5.92 Å². The average Bonchev–Trinajstić information content (AvgIpc) is 2.70. The Balaban J connectivity index is 0.00000280. The molecule has 0 aliphatic carbocycles. The van der Waals surface area contributed by atoms with Crippen LogP contribution in [0.2, 0.25) is 0 Å². The molecule has 7 heteroatoms. The highest BCUT2D eigenvalue weighted by Gasteiger charge is 2.13. The van der Waals surface area contributed by atoms with Gasteiger partial charge >= 0.3 is 6.03 Å². The molecular weight excluding hydrogens is 376 g/mol. The van der Waals surface area contributed by atoms with Gasteiger partial charge in [-0.3, -0.25) is 4.79 Å². The maximum Gasteiger partial charge on any atom is 0.323 e. The molecule has 0 aromatic heterocycles. The summed E-state index contributed by atoms with van der Waals surface area (Å²) in [6.07, 6.45) is 3.44. The van der Waals surface area contributed by atoms with Crippen molar-refractivity contribution in [3.8, 4) is 0 Å². The molecule has 0 spiro atoms. The Kier molecular flexibility index (Phi) is 8.78. The van der Waals surface area contributed by atoms with Crippen molar-refractivity contribution in [3.63, 3.8) is 0 Å². The molecule has 3 amide bonds. The number of hydrogen-bond acceptors (Lipinski definition) is 3. The van der Waals surface area contributed by atoms with Gasteiger partial charge in [0.2, 0.25) is 0 Å². The highest BCUT2D eigenvalue weighted by Crippen LogP contribution is 2.14. The van der Waals surface area contributed by atoms with Gasteiger partial charge in [0.1, 0.15) is 0 Å². The molecule has 1 atom stereocenters. The highest BCUT2D eigenvalue weighted by molar-refractivity contribution is 6.00. The zero-order valence-corrected chi connectivity index (χ0v) is 16.6. The van der Waals surface area contributed by atoms with E-state index in [1.54, 1.807) is 24.3 Å². The fraction of sp³-hybridized carbons (Fsp3) is 0.333. The fourth-order valence-corrected chi connectivity index (χ4v) is 3.18. The van der Waals surface area contributed by atoms with E-state index in [0.29, 0.717) is 23.7 Å². The molecule has 0 bridgehead atoms. The lowest BCUT2D eigenvalue weighted by Crippen LogP contribution is -2.33. The maximum absolute atomic E-state index is 12.2. The van der Waals surface area contributed by atoms with E-state index in [9.17, 15) is 9.59 Å². The summed E-state index contributed by atoms with van der Waals surface area (Å²) in [5, 5.41) is 11.9. The summed E-state index contributed by atoms with van der Waals surface area (Å²) in [6, 6.07) is 15.8. The first kappa shape index (κ1) is 21.7. The van der Waals surface area contributed by atoms with Crippen LogP contribution in [0.1, 0.15) is 29.6 Å². The number of para-hydroxylation sites is 1. The summed E-state index contributed by atoms with van der Waals surface area (Å²) in [6.45, 7) is 2.83. The molecule has 3 rings (SSSR count). The highest BCUT2D eigenvalue weighted by atomic mass is 35.5. The number of hydrogen-bond donors (Lipinski definition) is 4. The number of amides is 3. The van der Waals surface area contributed by atoms with Crippen molar-refractivity contribution in [1.82, 2.24) is 10.6 Å². The van der Waals surface area contributed by atoms with E-state index in [1.165, 1.54) is 12.8 Å². The van der Waals surface area contributed by atoms with Crippen molar-refractivity contribution < 1.29 is 9.59 Å². The third-order valence-corrected chi connectivity index (χ3v) is 4.67. The second-order valence-electron chi connectivity index (χ2n) is 6.78. The third kappa shape index (κ3) is 6.87. The van der Waals surface area contributed by atoms with Gasteiger partial charge in [0.05, 0.1) is 0 Å². The fourth-order valence-electron chi connectivity index (χ4n) is 3.18. The second kappa shape index (κ2) is 11.3. The van der Waals surface area contributed by atoms with Crippen molar-refractivity contribution in [2.24, 2.45) is 5.92 Å². The van der Waals surface area contributed by atoms with E-state index >= 15 is 0 Å². The van der Waals surface area contributed by atoms with E-state index in [2.05, 4.69) is 21.3 Å². The minimum atomic E-state index is -0.320. The van der Waals surface area contributed by atoms with Crippen LogP contribution in [0.25, 0.3) is 0 Å². The molecule has 0 saturated carbocycles. The van der Waals surface area contributed by atoms with Crippen LogP contribution in [0.5, 0.6) is 0 Å². The van der Waals surface area contributed by atoms with Crippen LogP contribution in [0.3, 0.4) is 0 Å². The largest absolute Gasteiger partial charge is 0.352 e. The van der Waals surface area contributed by atoms with Crippen LogP contribution in [0.4, 0.5) is 16.2 Å². The van der Waals surface area contributed by atoms with Gasteiger partial charge < -0.3 is 21.3 Å². The van der Waals surface area contributed by atoms with E-state index in [4.69, 9.17) is 0 Å². The quantitative estimate of drug-likeness (QED) is 0.592. The molecule has 28 heavy (non-hydrogen) atoms. The molecule has 1 fully saturated rings. The summed E-state index contributed by atoms with van der Waals surface area (Å²) in [7, 11) is 0. The van der Waals surface area contributed by atoms with Crippen molar-refractivity contribution >= 4 is 35.7 Å². The minimum Gasteiger partial charge on any atom is -0.352 e. The Labute approximate surface area is 171 Å². The van der Waals surface area contributed by atoms with Gasteiger partial charge in [0.15, 0.2) is 0 Å². The van der Waals surface area contributed by atoms with Crippen LogP contribution in [-0.2, 0) is 0 Å². The SMILES string of the molecule is Cl.O=C(Nc1ccccc1)Nc1ccc(C(=O)NCCC2CCCNC2)cc1. The first-order valence-electron chi connectivity index (χ1n) is 9.43. The molecule has 0 radical (unpaired) electrons. The number of benzene rings is 2. The zero-order chi connectivity index (χ0) is 18.9. The molecule has 1 aliphatic rings. The van der Waals surface area contributed by atoms with E-state index in [-0.39, 0.29) is 24.3 Å². The van der Waals surface area contributed by atoms with Crippen LogP contribution in [0.15, 0.2) is 54.6 Å². The molecule has 6 nitrogen and oxygen atoms in total. The maximum atomic E-state index is 12.2. The number of halogens is 1. The van der Waals surface area contributed by atoms with E-state index in [0.717, 1.165) is 25.2 Å². The molecule has 1 heterocycles. The van der Waals surface area contributed by atoms with Crippen LogP contribution in [-0.4, -0.2) is 31.6 Å². The Morgan fingerprint density at radius 1 is 0.964 bits per heavy atom. The van der Waals surface area contributed by atoms with Gasteiger partial charge in [-0.1, -0.05) is 18.2 Å². The Morgan fingerprint density at radius 3 is 2.29 bits per heavy atom. The normalized spacial score (nSPS) is 15.8. The molecule has 1 aliphatic heterocycles.